The molecule has 4 rings (SSSR count). The Kier molecular flexibility index (Phi) is 8.36. The van der Waals surface area contributed by atoms with Crippen molar-refractivity contribution in [1.82, 2.24) is 20.2 Å². The van der Waals surface area contributed by atoms with E-state index in [-0.39, 0.29) is 17.1 Å². The van der Waals surface area contributed by atoms with E-state index in [4.69, 9.17) is 0 Å². The van der Waals surface area contributed by atoms with Crippen LogP contribution in [0.1, 0.15) is 38.8 Å². The summed E-state index contributed by atoms with van der Waals surface area (Å²) in [6.07, 6.45) is 3.64. The summed E-state index contributed by atoms with van der Waals surface area (Å²) in [5, 5.41) is 13.6. The number of allylic oxidation sites excluding steroid dienone is 1. The van der Waals surface area contributed by atoms with Gasteiger partial charge in [-0.2, -0.15) is 5.10 Å². The van der Waals surface area contributed by atoms with E-state index in [2.05, 4.69) is 65.8 Å². The molecule has 0 atom stereocenters. The molecule has 0 saturated carbocycles. The first-order valence-electron chi connectivity index (χ1n) is 12.1. The van der Waals surface area contributed by atoms with Crippen LogP contribution in [0.3, 0.4) is 0 Å². The normalized spacial score (nSPS) is 12.2. The van der Waals surface area contributed by atoms with Crippen LogP contribution in [-0.4, -0.2) is 32.6 Å². The summed E-state index contributed by atoms with van der Waals surface area (Å²) in [6.45, 7) is 8.52. The van der Waals surface area contributed by atoms with E-state index in [9.17, 15) is 4.79 Å². The highest BCUT2D eigenvalue weighted by atomic mass is 32.2. The minimum Gasteiger partial charge on any atom is -0.272 e. The van der Waals surface area contributed by atoms with Crippen molar-refractivity contribution in [3.8, 4) is 17.1 Å². The van der Waals surface area contributed by atoms with Crippen LogP contribution in [0.4, 0.5) is 0 Å². The molecule has 1 N–H and O–H groups in total. The Morgan fingerprint density at radius 3 is 2.24 bits per heavy atom. The molecule has 0 aliphatic carbocycles. The molecule has 0 radical (unpaired) electrons. The number of hydrogen-bond donors (Lipinski definition) is 1. The molecule has 188 valence electrons. The van der Waals surface area contributed by atoms with Crippen LogP contribution in [0.25, 0.3) is 23.2 Å². The van der Waals surface area contributed by atoms with Gasteiger partial charge in [0.1, 0.15) is 0 Å². The highest BCUT2D eigenvalue weighted by molar-refractivity contribution is 7.99. The molecule has 4 aromatic rings. The molecular weight excluding hydrogens is 478 g/mol. The van der Waals surface area contributed by atoms with E-state index < -0.39 is 0 Å². The molecule has 3 aromatic carbocycles. The van der Waals surface area contributed by atoms with E-state index in [1.165, 1.54) is 17.3 Å². The Morgan fingerprint density at radius 1 is 0.946 bits per heavy atom. The number of hydrogen-bond acceptors (Lipinski definition) is 5. The molecule has 0 saturated heterocycles. The van der Waals surface area contributed by atoms with Crippen LogP contribution in [0.15, 0.2) is 101 Å². The minimum absolute atomic E-state index is 0.0678. The van der Waals surface area contributed by atoms with Crippen molar-refractivity contribution < 1.29 is 4.79 Å². The second-order valence-electron chi connectivity index (χ2n) is 9.69. The molecule has 0 aliphatic heterocycles. The standard InChI is InChI=1S/C30H31N5OS/c1-22(19-23-11-7-5-8-12-23)20-31-32-27(36)21-37-29-34-33-28(35(29)26-13-9-6-10-14-26)24-15-17-25(18-16-24)30(2,3)4/h5-20H,21H2,1-4H3,(H,32,36). The lowest BCUT2D eigenvalue weighted by atomic mass is 9.87. The van der Waals surface area contributed by atoms with Crippen molar-refractivity contribution in [1.29, 1.82) is 0 Å². The number of amides is 1. The second kappa shape index (κ2) is 11.8. The van der Waals surface area contributed by atoms with E-state index >= 15 is 0 Å². The van der Waals surface area contributed by atoms with E-state index in [0.717, 1.165) is 28.2 Å². The molecule has 0 fully saturated rings. The van der Waals surface area contributed by atoms with Gasteiger partial charge in [-0.3, -0.25) is 9.36 Å². The maximum Gasteiger partial charge on any atom is 0.250 e. The first-order valence-corrected chi connectivity index (χ1v) is 13.1. The summed E-state index contributed by atoms with van der Waals surface area (Å²) >= 11 is 1.32. The van der Waals surface area contributed by atoms with Crippen LogP contribution in [-0.2, 0) is 10.2 Å². The molecule has 6 nitrogen and oxygen atoms in total. The molecule has 0 aliphatic rings. The minimum atomic E-state index is -0.215. The molecule has 0 spiro atoms. The number of hydrazone groups is 1. The van der Waals surface area contributed by atoms with Gasteiger partial charge in [-0.05, 0) is 41.2 Å². The number of benzene rings is 3. The predicted molar refractivity (Wildman–Crippen MR) is 153 cm³/mol. The smallest absolute Gasteiger partial charge is 0.250 e. The van der Waals surface area contributed by atoms with Crippen molar-refractivity contribution in [3.63, 3.8) is 0 Å². The third kappa shape index (κ3) is 7.05. The number of aromatic nitrogens is 3. The molecule has 1 heterocycles. The van der Waals surface area contributed by atoms with Gasteiger partial charge in [-0.1, -0.05) is 111 Å². The molecule has 1 amide bonds. The van der Waals surface area contributed by atoms with Crippen molar-refractivity contribution in [3.05, 3.63) is 102 Å². The highest BCUT2D eigenvalue weighted by Crippen LogP contribution is 2.30. The molecule has 1 aromatic heterocycles. The maximum absolute atomic E-state index is 12.5. The Labute approximate surface area is 222 Å². The van der Waals surface area contributed by atoms with Gasteiger partial charge in [0.05, 0.1) is 12.0 Å². The van der Waals surface area contributed by atoms with Gasteiger partial charge in [-0.25, -0.2) is 5.43 Å². The number of rotatable bonds is 8. The van der Waals surface area contributed by atoms with Crippen molar-refractivity contribution in [2.75, 3.05) is 5.75 Å². The SMILES string of the molecule is CC(C=NNC(=O)CSc1nnc(-c2ccc(C(C)(C)C)cc2)n1-c1ccccc1)=Cc1ccccc1. The fraction of sp³-hybridized carbons (Fsp3) is 0.200. The molecular formula is C30H31N5OS. The zero-order valence-electron chi connectivity index (χ0n) is 21.6. The van der Waals surface area contributed by atoms with E-state index in [0.29, 0.717) is 5.16 Å². The van der Waals surface area contributed by atoms with Crippen molar-refractivity contribution in [2.24, 2.45) is 5.10 Å². The molecule has 0 bridgehead atoms. The first kappa shape index (κ1) is 26.1. The van der Waals surface area contributed by atoms with Crippen LogP contribution < -0.4 is 5.43 Å². The van der Waals surface area contributed by atoms with Gasteiger partial charge in [-0.15, -0.1) is 10.2 Å². The predicted octanol–water partition coefficient (Wildman–Crippen LogP) is 6.53. The molecule has 7 heteroatoms. The van der Waals surface area contributed by atoms with Crippen LogP contribution in [0, 0.1) is 0 Å². The van der Waals surface area contributed by atoms with Crippen LogP contribution >= 0.6 is 11.8 Å². The lowest BCUT2D eigenvalue weighted by Gasteiger charge is -2.19. The monoisotopic (exact) mass is 509 g/mol. The quantitative estimate of drug-likeness (QED) is 0.167. The Hall–Kier alpha value is -3.97. The van der Waals surface area contributed by atoms with Gasteiger partial charge in [0.15, 0.2) is 11.0 Å². The Balaban J connectivity index is 1.47. The number of nitrogens with zero attached hydrogens (tertiary/aromatic N) is 4. The van der Waals surface area contributed by atoms with Crippen molar-refractivity contribution >= 4 is 30.0 Å². The highest BCUT2D eigenvalue weighted by Gasteiger charge is 2.19. The lowest BCUT2D eigenvalue weighted by Crippen LogP contribution is -2.20. The fourth-order valence-electron chi connectivity index (χ4n) is 3.70. The summed E-state index contributed by atoms with van der Waals surface area (Å²) in [4.78, 5) is 12.5. The zero-order valence-corrected chi connectivity index (χ0v) is 22.4. The summed E-state index contributed by atoms with van der Waals surface area (Å²) < 4.78 is 1.99. The largest absolute Gasteiger partial charge is 0.272 e. The lowest BCUT2D eigenvalue weighted by molar-refractivity contribution is -0.118. The summed E-state index contributed by atoms with van der Waals surface area (Å²) in [7, 11) is 0. The van der Waals surface area contributed by atoms with Gasteiger partial charge in [0, 0.05) is 11.3 Å². The zero-order chi connectivity index (χ0) is 26.3. The number of carbonyl (C=O) groups is 1. The second-order valence-corrected chi connectivity index (χ2v) is 10.6. The first-order chi connectivity index (χ1) is 17.8. The number of para-hydroxylation sites is 1. The van der Waals surface area contributed by atoms with Crippen LogP contribution in [0.2, 0.25) is 0 Å². The summed E-state index contributed by atoms with van der Waals surface area (Å²) in [5.41, 5.74) is 7.83. The average Bonchev–Trinajstić information content (AvgIpc) is 3.32. The maximum atomic E-state index is 12.5. The van der Waals surface area contributed by atoms with Gasteiger partial charge >= 0.3 is 0 Å². The summed E-state index contributed by atoms with van der Waals surface area (Å²) in [5.74, 6) is 0.675. The van der Waals surface area contributed by atoms with E-state index in [1.807, 2.05) is 78.2 Å². The topological polar surface area (TPSA) is 72.2 Å². The van der Waals surface area contributed by atoms with Crippen LogP contribution in [0.5, 0.6) is 0 Å². The molecule has 0 unspecified atom stereocenters. The van der Waals surface area contributed by atoms with Gasteiger partial charge in [0.25, 0.3) is 5.91 Å². The Morgan fingerprint density at radius 2 is 1.59 bits per heavy atom. The fourth-order valence-corrected chi connectivity index (χ4v) is 4.44. The van der Waals surface area contributed by atoms with Gasteiger partial charge < -0.3 is 0 Å². The average molecular weight is 510 g/mol. The third-order valence-electron chi connectivity index (χ3n) is 5.64. The number of nitrogens with one attached hydrogen (secondary N) is 1. The number of thioether (sulfide) groups is 1. The summed E-state index contributed by atoms with van der Waals surface area (Å²) in [6, 6.07) is 28.3. The Bertz CT molecular complexity index is 1390. The number of carbonyl (C=O) groups excluding carboxylic acids is 1. The van der Waals surface area contributed by atoms with Crippen molar-refractivity contribution in [2.45, 2.75) is 38.3 Å². The van der Waals surface area contributed by atoms with Gasteiger partial charge in [0.2, 0.25) is 0 Å². The third-order valence-corrected chi connectivity index (χ3v) is 6.57. The molecule has 37 heavy (non-hydrogen) atoms. The van der Waals surface area contributed by atoms with E-state index in [1.54, 1.807) is 6.21 Å².